The maximum absolute atomic E-state index is 13.2. The second-order valence-electron chi connectivity index (χ2n) is 19.2. The van der Waals surface area contributed by atoms with E-state index in [0.29, 0.717) is 12.8 Å². The molecule has 0 spiro atoms. The molecule has 10 atom stereocenters. The Morgan fingerprint density at radius 2 is 1.06 bits per heavy atom. The molecule has 388 valence electrons. The summed E-state index contributed by atoms with van der Waals surface area (Å²) in [7, 11) is -4.58. The molecule has 0 radical (unpaired) electrons. The highest BCUT2D eigenvalue weighted by Crippen LogP contribution is 2.43. The Bertz CT molecular complexity index is 1160. The van der Waals surface area contributed by atoms with Gasteiger partial charge in [-0.25, -0.2) is 4.57 Å². The van der Waals surface area contributed by atoms with Crippen LogP contribution in [0.25, 0.3) is 0 Å². The topological polar surface area (TPSA) is 251 Å². The zero-order valence-corrected chi connectivity index (χ0v) is 42.0. The number of amides is 1. The summed E-state index contributed by atoms with van der Waals surface area (Å²) in [5.74, 6) is -0.0249. The number of ether oxygens (including phenoxy) is 2. The van der Waals surface area contributed by atoms with Crippen LogP contribution in [0.1, 0.15) is 220 Å². The van der Waals surface area contributed by atoms with E-state index in [4.69, 9.17) is 24.3 Å². The third-order valence-electron chi connectivity index (χ3n) is 12.7. The van der Waals surface area contributed by atoms with Gasteiger partial charge in [0.25, 0.3) is 0 Å². The molecule has 65 heavy (non-hydrogen) atoms. The Labute approximate surface area is 394 Å². The van der Waals surface area contributed by atoms with E-state index in [1.807, 2.05) is 0 Å². The molecule has 10 N–H and O–H groups in total. The number of carbonyl (C=O) groups is 1. The molecule has 1 unspecified atom stereocenters. The molecular formula is C49H99N2O13P. The lowest BCUT2D eigenvalue weighted by atomic mass is 9.98. The fourth-order valence-electron chi connectivity index (χ4n) is 8.40. The first-order valence-electron chi connectivity index (χ1n) is 26.2. The molecule has 0 aliphatic carbocycles. The summed E-state index contributed by atoms with van der Waals surface area (Å²) in [5, 5.41) is 67.4. The second kappa shape index (κ2) is 40.0. The van der Waals surface area contributed by atoms with Crippen molar-refractivity contribution in [1.82, 2.24) is 5.32 Å². The molecule has 1 rings (SSSR count). The normalized spacial score (nSPS) is 21.9. The summed E-state index contributed by atoms with van der Waals surface area (Å²) in [6.07, 6.45) is 22.6. The lowest BCUT2D eigenvalue weighted by Crippen LogP contribution is -2.60. The van der Waals surface area contributed by atoms with Gasteiger partial charge in [0, 0.05) is 6.54 Å². The van der Waals surface area contributed by atoms with Crippen LogP contribution in [0.4, 0.5) is 0 Å². The van der Waals surface area contributed by atoms with E-state index in [2.05, 4.69) is 26.1 Å². The standard InChI is InChI=1S/C49H99N2O13P/c1-4-5-6-7-8-9-10-11-12-13-14-15-16-17-18-19-20-25-28-31-34-42(53)48(58)51-40(44(54)41(52)33-30-27-24-22-21-23-26-29-32-39(2)3)37-61-49-47(57)46(56)45(55)43(64-49)38-63-65(59,60)62-36-35-50/h39-47,49,52-57H,4-38,50H2,1-3H3,(H,51,58)(H,59,60)/t40-,41+,42+,43+,44-,45+,46-,47+,49+/m0/s1. The van der Waals surface area contributed by atoms with Gasteiger partial charge in [-0.2, -0.15) is 0 Å². The first kappa shape index (κ1) is 62.2. The number of hydrogen-bond donors (Lipinski definition) is 9. The smallest absolute Gasteiger partial charge is 0.390 e. The molecule has 0 bridgehead atoms. The quantitative estimate of drug-likeness (QED) is 0.0206. The number of phosphoric acid groups is 1. The highest BCUT2D eigenvalue weighted by Gasteiger charge is 2.46. The van der Waals surface area contributed by atoms with Gasteiger partial charge in [0.2, 0.25) is 5.91 Å². The monoisotopic (exact) mass is 955 g/mol. The number of hydrogen-bond acceptors (Lipinski definition) is 13. The Morgan fingerprint density at radius 3 is 1.51 bits per heavy atom. The van der Waals surface area contributed by atoms with Crippen LogP contribution >= 0.6 is 7.82 Å². The second-order valence-corrected chi connectivity index (χ2v) is 20.7. The van der Waals surface area contributed by atoms with Crippen LogP contribution in [-0.2, 0) is 27.9 Å². The number of nitrogens with two attached hydrogens (primary N) is 1. The van der Waals surface area contributed by atoms with E-state index in [9.17, 15) is 44.9 Å². The summed E-state index contributed by atoms with van der Waals surface area (Å²) in [6.45, 7) is 5.17. The molecule has 16 heteroatoms. The van der Waals surface area contributed by atoms with Crippen LogP contribution in [0.3, 0.4) is 0 Å². The molecule has 0 aromatic heterocycles. The van der Waals surface area contributed by atoms with E-state index < -0.39 is 82.0 Å². The van der Waals surface area contributed by atoms with Crippen LogP contribution in [-0.4, -0.2) is 123 Å². The fraction of sp³-hybridized carbons (Fsp3) is 0.980. The number of phosphoric ester groups is 1. The van der Waals surface area contributed by atoms with Crippen molar-refractivity contribution in [3.8, 4) is 0 Å². The summed E-state index contributed by atoms with van der Waals surface area (Å²) in [5.41, 5.74) is 5.31. The molecule has 15 nitrogen and oxygen atoms in total. The first-order chi connectivity index (χ1) is 31.2. The number of rotatable bonds is 45. The molecule has 1 aliphatic heterocycles. The summed E-state index contributed by atoms with van der Waals surface area (Å²) in [4.78, 5) is 23.1. The molecule has 0 aromatic rings. The highest BCUT2D eigenvalue weighted by atomic mass is 31.2. The van der Waals surface area contributed by atoms with Crippen LogP contribution in [0.5, 0.6) is 0 Å². The van der Waals surface area contributed by atoms with Crippen LogP contribution < -0.4 is 11.1 Å². The van der Waals surface area contributed by atoms with Crippen molar-refractivity contribution >= 4 is 13.7 Å². The van der Waals surface area contributed by atoms with Crippen molar-refractivity contribution in [2.45, 2.75) is 275 Å². The van der Waals surface area contributed by atoms with E-state index in [0.717, 1.165) is 50.9 Å². The SMILES string of the molecule is CCCCCCCCCCCCCCCCCCCCCC[C@@H](O)C(=O)N[C@@H](CO[C@@H]1O[C@H](COP(=O)(O)OCCN)[C@@H](O)[C@H](O)[C@H]1O)[C@H](O)[C@H](O)CCCCCCCCCCC(C)C. The van der Waals surface area contributed by atoms with Gasteiger partial charge in [-0.05, 0) is 18.8 Å². The van der Waals surface area contributed by atoms with E-state index in [-0.39, 0.29) is 26.0 Å². The first-order valence-corrected chi connectivity index (χ1v) is 27.7. The maximum Gasteiger partial charge on any atom is 0.472 e. The number of aliphatic hydroxyl groups is 6. The molecule has 1 fully saturated rings. The van der Waals surface area contributed by atoms with E-state index >= 15 is 0 Å². The van der Waals surface area contributed by atoms with E-state index in [1.165, 1.54) is 128 Å². The van der Waals surface area contributed by atoms with Gasteiger partial charge in [0.15, 0.2) is 6.29 Å². The van der Waals surface area contributed by atoms with Crippen molar-refractivity contribution in [3.05, 3.63) is 0 Å². The van der Waals surface area contributed by atoms with Crippen molar-refractivity contribution in [3.63, 3.8) is 0 Å². The predicted molar refractivity (Wildman–Crippen MR) is 257 cm³/mol. The summed E-state index contributed by atoms with van der Waals surface area (Å²) in [6, 6.07) is -1.26. The summed E-state index contributed by atoms with van der Waals surface area (Å²) >= 11 is 0. The van der Waals surface area contributed by atoms with Crippen molar-refractivity contribution in [2.75, 3.05) is 26.4 Å². The van der Waals surface area contributed by atoms with E-state index in [1.54, 1.807) is 0 Å². The number of unbranched alkanes of at least 4 members (excludes halogenated alkanes) is 26. The summed E-state index contributed by atoms with van der Waals surface area (Å²) < 4.78 is 33.0. The maximum atomic E-state index is 13.2. The Balaban J connectivity index is 2.56. The lowest BCUT2D eigenvalue weighted by Gasteiger charge is -2.41. The minimum atomic E-state index is -4.58. The largest absolute Gasteiger partial charge is 0.472 e. The molecule has 1 saturated heterocycles. The molecule has 1 heterocycles. The van der Waals surface area contributed by atoms with Gasteiger partial charge < -0.3 is 56.1 Å². The van der Waals surface area contributed by atoms with Crippen molar-refractivity contribution in [1.29, 1.82) is 0 Å². The highest BCUT2D eigenvalue weighted by molar-refractivity contribution is 7.47. The van der Waals surface area contributed by atoms with Crippen LogP contribution in [0.15, 0.2) is 0 Å². The predicted octanol–water partition coefficient (Wildman–Crippen LogP) is 8.24. The van der Waals surface area contributed by atoms with Gasteiger partial charge >= 0.3 is 7.82 Å². The Hall–Kier alpha value is -0.780. The molecule has 1 aliphatic rings. The van der Waals surface area contributed by atoms with Gasteiger partial charge in [-0.1, -0.05) is 207 Å². The Morgan fingerprint density at radius 1 is 0.631 bits per heavy atom. The average molecular weight is 955 g/mol. The zero-order chi connectivity index (χ0) is 48.1. The third kappa shape index (κ3) is 31.9. The number of nitrogens with one attached hydrogen (secondary N) is 1. The van der Waals surface area contributed by atoms with Crippen molar-refractivity contribution < 1.29 is 63.4 Å². The number of carbonyl (C=O) groups excluding carboxylic acids is 1. The van der Waals surface area contributed by atoms with Gasteiger partial charge in [0.05, 0.1) is 32.0 Å². The third-order valence-corrected chi connectivity index (χ3v) is 13.7. The molecular weight excluding hydrogens is 856 g/mol. The molecule has 0 aromatic carbocycles. The van der Waals surface area contributed by atoms with Gasteiger partial charge in [0.1, 0.15) is 36.6 Å². The fourth-order valence-corrected chi connectivity index (χ4v) is 9.14. The minimum Gasteiger partial charge on any atom is -0.390 e. The molecule has 0 saturated carbocycles. The minimum absolute atomic E-state index is 0.0506. The van der Waals surface area contributed by atoms with Crippen molar-refractivity contribution in [2.24, 2.45) is 11.7 Å². The average Bonchev–Trinajstić information content (AvgIpc) is 3.28. The van der Waals surface area contributed by atoms with Gasteiger partial charge in [-0.15, -0.1) is 0 Å². The zero-order valence-electron chi connectivity index (χ0n) is 41.1. The lowest BCUT2D eigenvalue weighted by molar-refractivity contribution is -0.302. The van der Waals surface area contributed by atoms with Crippen LogP contribution in [0, 0.1) is 5.92 Å². The van der Waals surface area contributed by atoms with Gasteiger partial charge in [-0.3, -0.25) is 13.8 Å². The van der Waals surface area contributed by atoms with Crippen LogP contribution in [0.2, 0.25) is 0 Å². The molecule has 1 amide bonds. The Kier molecular flexibility index (Phi) is 38.3. The number of aliphatic hydroxyl groups excluding tert-OH is 6.